The molecular weight excluding hydrogens is 374 g/mol. The molecule has 0 fully saturated rings. The van der Waals surface area contributed by atoms with E-state index in [4.69, 9.17) is 21.1 Å². The first-order valence-corrected chi connectivity index (χ1v) is 8.82. The zero-order valence-corrected chi connectivity index (χ0v) is 16.0. The lowest BCUT2D eigenvalue weighted by molar-refractivity contribution is -0.151. The van der Waals surface area contributed by atoms with E-state index in [-0.39, 0.29) is 17.9 Å². The van der Waals surface area contributed by atoms with Gasteiger partial charge in [-0.25, -0.2) is 4.98 Å². The Labute approximate surface area is 162 Å². The van der Waals surface area contributed by atoms with Crippen LogP contribution in [0.2, 0.25) is 5.02 Å². The Balaban J connectivity index is 1.90. The molecule has 8 nitrogen and oxygen atoms in total. The van der Waals surface area contributed by atoms with Crippen LogP contribution in [0, 0.1) is 5.92 Å². The van der Waals surface area contributed by atoms with Crippen LogP contribution in [0.3, 0.4) is 0 Å². The standard InChI is InChI=1S/C18H22ClN3O5/c1-10(2)27-18(25)11-4-5-13(8-11)21-16(23)15(26-3)17(24)22-14-9-12(19)6-7-20-14/h4-7,9-11,13,15H,8H2,1-3H3,(H,21,23)(H,20,22,24)/t11-,13+,15?/m1/s1. The Kier molecular flexibility index (Phi) is 7.32. The molecular formula is C18H22ClN3O5. The lowest BCUT2D eigenvalue weighted by Gasteiger charge is -2.18. The molecule has 0 radical (unpaired) electrons. The Hall–Kier alpha value is -2.45. The molecule has 9 heteroatoms. The molecule has 0 spiro atoms. The summed E-state index contributed by atoms with van der Waals surface area (Å²) in [6.45, 7) is 3.54. The number of carbonyl (C=O) groups is 3. The number of ether oxygens (including phenoxy) is 2. The Morgan fingerprint density at radius 1 is 1.26 bits per heavy atom. The van der Waals surface area contributed by atoms with Gasteiger partial charge in [0.15, 0.2) is 0 Å². The molecule has 27 heavy (non-hydrogen) atoms. The molecule has 146 valence electrons. The minimum absolute atomic E-state index is 0.207. The third-order valence-electron chi connectivity index (χ3n) is 3.75. The number of amides is 2. The maximum absolute atomic E-state index is 12.4. The topological polar surface area (TPSA) is 107 Å². The highest BCUT2D eigenvalue weighted by atomic mass is 35.5. The van der Waals surface area contributed by atoms with Gasteiger partial charge in [0.2, 0.25) is 6.10 Å². The normalized spacial score (nSPS) is 19.6. The second-order valence-corrected chi connectivity index (χ2v) is 6.73. The summed E-state index contributed by atoms with van der Waals surface area (Å²) in [7, 11) is 1.25. The van der Waals surface area contributed by atoms with E-state index in [1.165, 1.54) is 19.4 Å². The first kappa shape index (κ1) is 20.9. The van der Waals surface area contributed by atoms with Crippen LogP contribution in [0.4, 0.5) is 5.82 Å². The van der Waals surface area contributed by atoms with Gasteiger partial charge in [-0.15, -0.1) is 0 Å². The molecule has 0 aromatic carbocycles. The summed E-state index contributed by atoms with van der Waals surface area (Å²) in [4.78, 5) is 40.6. The van der Waals surface area contributed by atoms with E-state index in [1.54, 1.807) is 32.1 Å². The summed E-state index contributed by atoms with van der Waals surface area (Å²) in [6.07, 6.45) is 3.60. The highest BCUT2D eigenvalue weighted by molar-refractivity contribution is 6.30. The Morgan fingerprint density at radius 2 is 2.00 bits per heavy atom. The molecule has 1 aliphatic rings. The average Bonchev–Trinajstić information content (AvgIpc) is 3.03. The fraction of sp³-hybridized carbons (Fsp3) is 0.444. The minimum atomic E-state index is -1.37. The molecule has 1 aromatic heterocycles. The zero-order valence-electron chi connectivity index (χ0n) is 15.3. The second kappa shape index (κ2) is 9.48. The summed E-state index contributed by atoms with van der Waals surface area (Å²) in [6, 6.07) is 2.62. The van der Waals surface area contributed by atoms with E-state index in [1.807, 2.05) is 0 Å². The summed E-state index contributed by atoms with van der Waals surface area (Å²) in [5.74, 6) is -1.86. The minimum Gasteiger partial charge on any atom is -0.463 e. The van der Waals surface area contributed by atoms with Gasteiger partial charge < -0.3 is 20.1 Å². The molecule has 0 saturated heterocycles. The van der Waals surface area contributed by atoms with Crippen LogP contribution < -0.4 is 10.6 Å². The van der Waals surface area contributed by atoms with Gasteiger partial charge in [0, 0.05) is 24.4 Å². The van der Waals surface area contributed by atoms with Crippen LogP contribution in [-0.2, 0) is 23.9 Å². The number of nitrogens with one attached hydrogen (secondary N) is 2. The summed E-state index contributed by atoms with van der Waals surface area (Å²) >= 11 is 5.84. The van der Waals surface area contributed by atoms with E-state index < -0.39 is 29.9 Å². The number of carbonyl (C=O) groups excluding carboxylic acids is 3. The van der Waals surface area contributed by atoms with Gasteiger partial charge in [0.25, 0.3) is 11.8 Å². The van der Waals surface area contributed by atoms with Crippen LogP contribution >= 0.6 is 11.6 Å². The molecule has 2 N–H and O–H groups in total. The maximum atomic E-state index is 12.4. The zero-order chi connectivity index (χ0) is 20.0. The molecule has 2 amide bonds. The van der Waals surface area contributed by atoms with E-state index in [0.29, 0.717) is 11.4 Å². The number of esters is 1. The van der Waals surface area contributed by atoms with Gasteiger partial charge in [-0.05, 0) is 32.4 Å². The van der Waals surface area contributed by atoms with Crippen molar-refractivity contribution in [3.05, 3.63) is 35.5 Å². The van der Waals surface area contributed by atoms with Crippen molar-refractivity contribution in [2.24, 2.45) is 5.92 Å². The number of halogens is 1. The third-order valence-corrected chi connectivity index (χ3v) is 3.99. The van der Waals surface area contributed by atoms with Crippen molar-refractivity contribution < 1.29 is 23.9 Å². The largest absolute Gasteiger partial charge is 0.463 e. The number of hydrogen-bond acceptors (Lipinski definition) is 6. The molecule has 0 bridgehead atoms. The fourth-order valence-electron chi connectivity index (χ4n) is 2.56. The highest BCUT2D eigenvalue weighted by Crippen LogP contribution is 2.20. The first-order valence-electron chi connectivity index (χ1n) is 8.44. The Bertz CT molecular complexity index is 737. The lowest BCUT2D eigenvalue weighted by Crippen LogP contribution is -2.47. The molecule has 3 atom stereocenters. The van der Waals surface area contributed by atoms with Crippen LogP contribution in [0.1, 0.15) is 20.3 Å². The number of nitrogens with zero attached hydrogens (tertiary/aromatic N) is 1. The SMILES string of the molecule is COC(C(=O)Nc1cc(Cl)ccn1)C(=O)N[C@H]1C=C[C@@H](C(=O)OC(C)C)C1. The van der Waals surface area contributed by atoms with E-state index in [9.17, 15) is 14.4 Å². The highest BCUT2D eigenvalue weighted by Gasteiger charge is 2.32. The number of rotatable bonds is 7. The van der Waals surface area contributed by atoms with E-state index in [0.717, 1.165) is 0 Å². The monoisotopic (exact) mass is 395 g/mol. The van der Waals surface area contributed by atoms with Gasteiger partial charge in [-0.1, -0.05) is 23.8 Å². The van der Waals surface area contributed by atoms with Gasteiger partial charge >= 0.3 is 5.97 Å². The van der Waals surface area contributed by atoms with Crippen molar-refractivity contribution in [3.63, 3.8) is 0 Å². The van der Waals surface area contributed by atoms with Crippen molar-refractivity contribution in [3.8, 4) is 0 Å². The predicted octanol–water partition coefficient (Wildman–Crippen LogP) is 1.70. The number of methoxy groups -OCH3 is 1. The summed E-state index contributed by atoms with van der Waals surface area (Å²) < 4.78 is 10.2. The van der Waals surface area contributed by atoms with E-state index >= 15 is 0 Å². The van der Waals surface area contributed by atoms with Crippen LogP contribution in [-0.4, -0.2) is 48.1 Å². The average molecular weight is 396 g/mol. The molecule has 2 rings (SSSR count). The number of hydrogen-bond donors (Lipinski definition) is 2. The van der Waals surface area contributed by atoms with Gasteiger partial charge in [0.1, 0.15) is 5.82 Å². The van der Waals surface area contributed by atoms with Crippen molar-refractivity contribution >= 4 is 35.2 Å². The molecule has 1 heterocycles. The smallest absolute Gasteiger partial charge is 0.313 e. The quantitative estimate of drug-likeness (QED) is 0.413. The maximum Gasteiger partial charge on any atom is 0.313 e. The third kappa shape index (κ3) is 6.04. The number of pyridine rings is 1. The van der Waals surface area contributed by atoms with Crippen molar-refractivity contribution in [1.82, 2.24) is 10.3 Å². The van der Waals surface area contributed by atoms with Crippen LogP contribution in [0.15, 0.2) is 30.5 Å². The van der Waals surface area contributed by atoms with E-state index in [2.05, 4.69) is 15.6 Å². The lowest BCUT2D eigenvalue weighted by atomic mass is 10.1. The van der Waals surface area contributed by atoms with Gasteiger partial charge in [0.05, 0.1) is 12.0 Å². The predicted molar refractivity (Wildman–Crippen MR) is 99.1 cm³/mol. The number of aromatic nitrogens is 1. The molecule has 0 aliphatic heterocycles. The van der Waals surface area contributed by atoms with Crippen molar-refractivity contribution in [2.75, 3.05) is 12.4 Å². The molecule has 1 aromatic rings. The first-order chi connectivity index (χ1) is 12.8. The van der Waals surface area contributed by atoms with Crippen molar-refractivity contribution in [1.29, 1.82) is 0 Å². The number of anilines is 1. The van der Waals surface area contributed by atoms with Crippen molar-refractivity contribution in [2.45, 2.75) is 38.5 Å². The van der Waals surface area contributed by atoms with Gasteiger partial charge in [-0.2, -0.15) is 0 Å². The molecule has 1 unspecified atom stereocenters. The second-order valence-electron chi connectivity index (χ2n) is 6.29. The summed E-state index contributed by atoms with van der Waals surface area (Å²) in [5.41, 5.74) is 0. The van der Waals surface area contributed by atoms with Gasteiger partial charge in [-0.3, -0.25) is 14.4 Å². The fourth-order valence-corrected chi connectivity index (χ4v) is 2.72. The molecule has 1 aliphatic carbocycles. The van der Waals surface area contributed by atoms with Crippen LogP contribution in [0.25, 0.3) is 0 Å². The molecule has 0 saturated carbocycles. The Morgan fingerprint density at radius 3 is 2.63 bits per heavy atom. The summed E-state index contributed by atoms with van der Waals surface area (Å²) in [5, 5.41) is 5.55. The van der Waals surface area contributed by atoms with Crippen LogP contribution in [0.5, 0.6) is 0 Å².